The number of aromatic carboxylic acids is 1. The van der Waals surface area contributed by atoms with Crippen molar-refractivity contribution < 1.29 is 9.90 Å². The van der Waals surface area contributed by atoms with E-state index in [2.05, 4.69) is 71.6 Å². The number of carbonyl (C=O) groups is 1. The van der Waals surface area contributed by atoms with Crippen LogP contribution in [-0.4, -0.2) is 30.8 Å². The van der Waals surface area contributed by atoms with Gasteiger partial charge in [-0.15, -0.1) is 0 Å². The Morgan fingerprint density at radius 1 is 1.20 bits per heavy atom. The molecule has 0 unspecified atom stereocenters. The van der Waals surface area contributed by atoms with Gasteiger partial charge in [-0.2, -0.15) is 10.1 Å². The summed E-state index contributed by atoms with van der Waals surface area (Å²) in [6.45, 7) is 10.6. The molecule has 8 nitrogen and oxygen atoms in total. The van der Waals surface area contributed by atoms with Crippen molar-refractivity contribution >= 4 is 34.3 Å². The smallest absolute Gasteiger partial charge is 0.341 e. The zero-order chi connectivity index (χ0) is 24.9. The molecule has 8 heteroatoms. The van der Waals surface area contributed by atoms with Crippen LogP contribution in [0.2, 0.25) is 0 Å². The molecule has 5 rings (SSSR count). The Bertz CT molecular complexity index is 1440. The molecule has 35 heavy (non-hydrogen) atoms. The monoisotopic (exact) mass is 470 g/mol. The van der Waals surface area contributed by atoms with E-state index < -0.39 is 5.97 Å². The molecule has 0 aliphatic heterocycles. The average molecular weight is 471 g/mol. The van der Waals surface area contributed by atoms with E-state index in [4.69, 9.17) is 0 Å². The van der Waals surface area contributed by atoms with Crippen molar-refractivity contribution in [1.29, 1.82) is 0 Å². The molecule has 0 saturated heterocycles. The highest BCUT2D eigenvalue weighted by Crippen LogP contribution is 2.47. The van der Waals surface area contributed by atoms with Crippen LogP contribution in [0.3, 0.4) is 0 Å². The largest absolute Gasteiger partial charge is 0.477 e. The molecule has 0 bridgehead atoms. The molecule has 0 fully saturated rings. The van der Waals surface area contributed by atoms with E-state index in [1.807, 2.05) is 36.0 Å². The van der Waals surface area contributed by atoms with Crippen LogP contribution in [0, 0.1) is 12.3 Å². The quantitative estimate of drug-likeness (QED) is 0.322. The number of carboxylic acid groups (broad SMARTS) is 1. The highest BCUT2D eigenvalue weighted by Gasteiger charge is 2.39. The number of hydrogen-bond donors (Lipinski definition) is 3. The summed E-state index contributed by atoms with van der Waals surface area (Å²) >= 11 is 0. The number of fused-ring (bicyclic) bond motifs is 2. The Balaban J connectivity index is 1.52. The van der Waals surface area contributed by atoms with E-state index >= 15 is 0 Å². The number of aryl methyl sites for hydroxylation is 1. The van der Waals surface area contributed by atoms with Gasteiger partial charge in [0.05, 0.1) is 17.8 Å². The highest BCUT2D eigenvalue weighted by molar-refractivity contribution is 5.93. The maximum Gasteiger partial charge on any atom is 0.341 e. The number of carboxylic acids is 1. The summed E-state index contributed by atoms with van der Waals surface area (Å²) in [5, 5.41) is 22.1. The van der Waals surface area contributed by atoms with Crippen molar-refractivity contribution in [2.45, 2.75) is 53.1 Å². The first-order chi connectivity index (χ1) is 16.6. The van der Waals surface area contributed by atoms with Crippen molar-refractivity contribution in [2.24, 2.45) is 5.41 Å². The topological polar surface area (TPSA) is 105 Å². The van der Waals surface area contributed by atoms with Crippen LogP contribution in [0.15, 0.2) is 48.8 Å². The predicted octanol–water partition coefficient (Wildman–Crippen LogP) is 5.89. The Hall–Kier alpha value is -3.94. The van der Waals surface area contributed by atoms with Gasteiger partial charge in [0.2, 0.25) is 5.95 Å². The summed E-state index contributed by atoms with van der Waals surface area (Å²) < 4.78 is 1.97. The van der Waals surface area contributed by atoms with Gasteiger partial charge in [0.15, 0.2) is 0 Å². The number of anilines is 3. The van der Waals surface area contributed by atoms with Gasteiger partial charge in [-0.3, -0.25) is 4.68 Å². The highest BCUT2D eigenvalue weighted by atomic mass is 16.4. The molecule has 180 valence electrons. The number of hydrogen-bond acceptors (Lipinski definition) is 6. The summed E-state index contributed by atoms with van der Waals surface area (Å²) in [6, 6.07) is 12.5. The zero-order valence-electron chi connectivity index (χ0n) is 20.6. The Morgan fingerprint density at radius 3 is 2.71 bits per heavy atom. The van der Waals surface area contributed by atoms with Crippen LogP contribution >= 0.6 is 0 Å². The lowest BCUT2D eigenvalue weighted by atomic mass is 9.85. The Labute approximate surface area is 204 Å². The minimum absolute atomic E-state index is 0.0424. The summed E-state index contributed by atoms with van der Waals surface area (Å²) in [5.41, 5.74) is 5.26. The van der Waals surface area contributed by atoms with Crippen molar-refractivity contribution in [3.05, 3.63) is 71.0 Å². The van der Waals surface area contributed by atoms with Crippen LogP contribution in [-0.2, 0) is 6.42 Å². The van der Waals surface area contributed by atoms with Crippen LogP contribution in [0.5, 0.6) is 0 Å². The van der Waals surface area contributed by atoms with Gasteiger partial charge in [-0.25, -0.2) is 9.78 Å². The van der Waals surface area contributed by atoms with Crippen LogP contribution < -0.4 is 10.6 Å². The lowest BCUT2D eigenvalue weighted by Crippen LogP contribution is -2.26. The van der Waals surface area contributed by atoms with Crippen LogP contribution in [0.25, 0.3) is 10.9 Å². The van der Waals surface area contributed by atoms with E-state index in [0.29, 0.717) is 11.8 Å². The SMILES string of the molecule is Cc1cc2cnn(C(C)C)c2cc1Nc1ncc(C(=O)O)c(N[C@H]2c3ccccc3CC2(C)C)n1. The normalized spacial score (nSPS) is 16.5. The molecule has 1 aliphatic rings. The molecule has 0 amide bonds. The molecule has 0 saturated carbocycles. The molecule has 0 spiro atoms. The summed E-state index contributed by atoms with van der Waals surface area (Å²) in [7, 11) is 0. The molecule has 2 aromatic carbocycles. The van der Waals surface area contributed by atoms with Gasteiger partial charge in [-0.05, 0) is 61.4 Å². The number of nitrogens with zero attached hydrogens (tertiary/aromatic N) is 4. The van der Waals surface area contributed by atoms with E-state index in [0.717, 1.165) is 28.6 Å². The fourth-order valence-corrected chi connectivity index (χ4v) is 4.98. The van der Waals surface area contributed by atoms with Gasteiger partial charge in [0, 0.05) is 23.3 Å². The standard InChI is InChI=1S/C27H30N6O2/c1-15(2)33-22-11-21(16(3)10-18(22)13-29-33)30-26-28-14-20(25(34)35)24(32-26)31-23-19-9-7-6-8-17(19)12-27(23,4)5/h6-11,13-15,23H,12H2,1-5H3,(H,34,35)(H2,28,30,31,32)/t23-/m0/s1. The predicted molar refractivity (Wildman–Crippen MR) is 137 cm³/mol. The third kappa shape index (κ3) is 4.09. The summed E-state index contributed by atoms with van der Waals surface area (Å²) in [5.74, 6) is -0.433. The molecule has 2 heterocycles. The van der Waals surface area contributed by atoms with Crippen molar-refractivity contribution in [1.82, 2.24) is 19.7 Å². The molecule has 1 atom stereocenters. The zero-order valence-corrected chi connectivity index (χ0v) is 20.6. The molecule has 0 radical (unpaired) electrons. The third-order valence-electron chi connectivity index (χ3n) is 6.77. The second kappa shape index (κ2) is 8.37. The fourth-order valence-electron chi connectivity index (χ4n) is 4.98. The van der Waals surface area contributed by atoms with Crippen molar-refractivity contribution in [2.75, 3.05) is 10.6 Å². The number of aromatic nitrogens is 4. The summed E-state index contributed by atoms with van der Waals surface area (Å²) in [4.78, 5) is 20.9. The maximum absolute atomic E-state index is 12.0. The molecule has 2 aromatic heterocycles. The minimum Gasteiger partial charge on any atom is -0.477 e. The lowest BCUT2D eigenvalue weighted by Gasteiger charge is -2.29. The van der Waals surface area contributed by atoms with E-state index in [1.54, 1.807) is 0 Å². The average Bonchev–Trinajstić information content (AvgIpc) is 3.31. The first kappa shape index (κ1) is 22.8. The van der Waals surface area contributed by atoms with Crippen molar-refractivity contribution in [3.8, 4) is 0 Å². The summed E-state index contributed by atoms with van der Waals surface area (Å²) in [6.07, 6.45) is 4.13. The third-order valence-corrected chi connectivity index (χ3v) is 6.77. The van der Waals surface area contributed by atoms with E-state index in [9.17, 15) is 9.90 Å². The van der Waals surface area contributed by atoms with E-state index in [1.165, 1.54) is 17.3 Å². The van der Waals surface area contributed by atoms with Crippen LogP contribution in [0.4, 0.5) is 17.5 Å². The first-order valence-corrected chi connectivity index (χ1v) is 11.8. The van der Waals surface area contributed by atoms with Gasteiger partial charge in [-0.1, -0.05) is 38.1 Å². The molecule has 3 N–H and O–H groups in total. The minimum atomic E-state index is -1.07. The lowest BCUT2D eigenvalue weighted by molar-refractivity contribution is 0.0697. The molecule has 1 aliphatic carbocycles. The number of rotatable bonds is 6. The van der Waals surface area contributed by atoms with E-state index in [-0.39, 0.29) is 23.1 Å². The van der Waals surface area contributed by atoms with Gasteiger partial charge in [0.1, 0.15) is 11.4 Å². The van der Waals surface area contributed by atoms with Crippen molar-refractivity contribution in [3.63, 3.8) is 0 Å². The second-order valence-electron chi connectivity index (χ2n) is 10.2. The molecule has 4 aromatic rings. The number of nitrogens with one attached hydrogen (secondary N) is 2. The first-order valence-electron chi connectivity index (χ1n) is 11.8. The Morgan fingerprint density at radius 2 is 1.97 bits per heavy atom. The maximum atomic E-state index is 12.0. The van der Waals surface area contributed by atoms with Crippen LogP contribution in [0.1, 0.15) is 66.8 Å². The van der Waals surface area contributed by atoms with Gasteiger partial charge in [0.25, 0.3) is 0 Å². The Kier molecular flexibility index (Phi) is 5.46. The van der Waals surface area contributed by atoms with Gasteiger partial charge < -0.3 is 15.7 Å². The molecular weight excluding hydrogens is 440 g/mol. The fraction of sp³-hybridized carbons (Fsp3) is 0.333. The molecular formula is C27H30N6O2. The second-order valence-corrected chi connectivity index (χ2v) is 10.2. The number of benzene rings is 2. The van der Waals surface area contributed by atoms with Gasteiger partial charge >= 0.3 is 5.97 Å².